The highest BCUT2D eigenvalue weighted by atomic mass is 16.4. The molecular formula is C10H17N3O2. The second kappa shape index (κ2) is 4.91. The quantitative estimate of drug-likeness (QED) is 0.801. The fraction of sp³-hybridized carbons (Fsp3) is 0.700. The van der Waals surface area contributed by atoms with Gasteiger partial charge >= 0.3 is 5.97 Å². The molecule has 0 radical (unpaired) electrons. The third-order valence-electron chi connectivity index (χ3n) is 2.28. The van der Waals surface area contributed by atoms with Crippen LogP contribution < -0.4 is 0 Å². The van der Waals surface area contributed by atoms with Crippen molar-refractivity contribution in [1.82, 2.24) is 14.8 Å². The predicted molar refractivity (Wildman–Crippen MR) is 55.5 cm³/mol. The van der Waals surface area contributed by atoms with Crippen LogP contribution in [0.25, 0.3) is 0 Å². The Bertz CT molecular complexity index is 333. The molecule has 0 bridgehead atoms. The van der Waals surface area contributed by atoms with E-state index in [0.29, 0.717) is 18.8 Å². The van der Waals surface area contributed by atoms with E-state index in [0.717, 1.165) is 5.82 Å². The zero-order valence-corrected chi connectivity index (χ0v) is 9.34. The average molecular weight is 211 g/mol. The fourth-order valence-corrected chi connectivity index (χ4v) is 1.56. The second-order valence-electron chi connectivity index (χ2n) is 3.99. The summed E-state index contributed by atoms with van der Waals surface area (Å²) >= 11 is 0. The van der Waals surface area contributed by atoms with Crippen LogP contribution in [0.5, 0.6) is 0 Å². The Morgan fingerprint density at radius 2 is 2.27 bits per heavy atom. The standard InChI is InChI=1S/C10H17N3O2/c1-4-9-12-11-6-13(9)8(10(14)15)5-7(2)3/h6-8H,4-5H2,1-3H3,(H,14,15). The van der Waals surface area contributed by atoms with Crippen molar-refractivity contribution in [3.05, 3.63) is 12.2 Å². The predicted octanol–water partition coefficient (Wildman–Crippen LogP) is 1.51. The van der Waals surface area contributed by atoms with Gasteiger partial charge in [0.1, 0.15) is 18.2 Å². The van der Waals surface area contributed by atoms with Crippen LogP contribution in [0.4, 0.5) is 0 Å². The molecule has 0 aliphatic rings. The molecule has 5 nitrogen and oxygen atoms in total. The zero-order chi connectivity index (χ0) is 11.4. The van der Waals surface area contributed by atoms with Gasteiger partial charge in [-0.25, -0.2) is 4.79 Å². The van der Waals surface area contributed by atoms with Gasteiger partial charge < -0.3 is 9.67 Å². The van der Waals surface area contributed by atoms with Crippen molar-refractivity contribution in [2.45, 2.75) is 39.7 Å². The minimum Gasteiger partial charge on any atom is -0.480 e. The fourth-order valence-electron chi connectivity index (χ4n) is 1.56. The number of aliphatic carboxylic acids is 1. The molecule has 0 amide bonds. The Labute approximate surface area is 89.1 Å². The minimum atomic E-state index is -0.821. The van der Waals surface area contributed by atoms with E-state index in [2.05, 4.69) is 10.2 Å². The molecule has 1 aromatic heterocycles. The Morgan fingerprint density at radius 1 is 1.60 bits per heavy atom. The summed E-state index contributed by atoms with van der Waals surface area (Å²) in [5.74, 6) is 0.236. The van der Waals surface area contributed by atoms with Gasteiger partial charge in [-0.1, -0.05) is 20.8 Å². The Hall–Kier alpha value is -1.39. The van der Waals surface area contributed by atoms with Gasteiger partial charge in [0.25, 0.3) is 0 Å². The van der Waals surface area contributed by atoms with Crippen molar-refractivity contribution in [3.63, 3.8) is 0 Å². The van der Waals surface area contributed by atoms with E-state index in [4.69, 9.17) is 5.11 Å². The van der Waals surface area contributed by atoms with E-state index < -0.39 is 12.0 Å². The minimum absolute atomic E-state index is 0.332. The molecule has 1 rings (SSSR count). The van der Waals surface area contributed by atoms with Gasteiger partial charge in [-0.05, 0) is 12.3 Å². The molecule has 0 aromatic carbocycles. The van der Waals surface area contributed by atoms with Gasteiger partial charge in [-0.3, -0.25) is 0 Å². The molecule has 0 spiro atoms. The summed E-state index contributed by atoms with van der Waals surface area (Å²) in [5.41, 5.74) is 0. The van der Waals surface area contributed by atoms with Crippen LogP contribution in [0.1, 0.15) is 39.1 Å². The summed E-state index contributed by atoms with van der Waals surface area (Å²) in [6, 6.07) is -0.546. The maximum absolute atomic E-state index is 11.1. The van der Waals surface area contributed by atoms with E-state index in [9.17, 15) is 4.79 Å². The molecule has 0 aliphatic heterocycles. The molecule has 0 saturated carbocycles. The van der Waals surface area contributed by atoms with Crippen LogP contribution in [0.2, 0.25) is 0 Å². The number of hydrogen-bond acceptors (Lipinski definition) is 3. The highest BCUT2D eigenvalue weighted by molar-refractivity contribution is 5.71. The molecule has 0 aliphatic carbocycles. The highest BCUT2D eigenvalue weighted by Crippen LogP contribution is 2.19. The van der Waals surface area contributed by atoms with Gasteiger partial charge in [0.15, 0.2) is 0 Å². The van der Waals surface area contributed by atoms with Gasteiger partial charge in [0.2, 0.25) is 0 Å². The lowest BCUT2D eigenvalue weighted by atomic mass is 10.0. The SMILES string of the molecule is CCc1nncn1C(CC(C)C)C(=O)O. The van der Waals surface area contributed by atoms with Gasteiger partial charge in [-0.2, -0.15) is 0 Å². The van der Waals surface area contributed by atoms with Gasteiger partial charge in [0.05, 0.1) is 0 Å². The van der Waals surface area contributed by atoms with E-state index in [1.54, 1.807) is 4.57 Å². The number of carbonyl (C=O) groups is 1. The molecule has 1 heterocycles. The number of hydrogen-bond donors (Lipinski definition) is 1. The first-order valence-electron chi connectivity index (χ1n) is 5.17. The molecule has 1 atom stereocenters. The Balaban J connectivity index is 2.93. The van der Waals surface area contributed by atoms with Crippen molar-refractivity contribution < 1.29 is 9.90 Å². The van der Waals surface area contributed by atoms with Crippen molar-refractivity contribution in [1.29, 1.82) is 0 Å². The van der Waals surface area contributed by atoms with Crippen molar-refractivity contribution in [2.75, 3.05) is 0 Å². The molecule has 1 aromatic rings. The lowest BCUT2D eigenvalue weighted by molar-refractivity contribution is -0.141. The summed E-state index contributed by atoms with van der Waals surface area (Å²) in [4.78, 5) is 11.1. The maximum Gasteiger partial charge on any atom is 0.326 e. The van der Waals surface area contributed by atoms with Gasteiger partial charge in [-0.15, -0.1) is 10.2 Å². The van der Waals surface area contributed by atoms with Crippen LogP contribution in [0, 0.1) is 5.92 Å². The normalized spacial score (nSPS) is 13.1. The molecule has 0 fully saturated rings. The first-order valence-corrected chi connectivity index (χ1v) is 5.17. The monoisotopic (exact) mass is 211 g/mol. The third-order valence-corrected chi connectivity index (χ3v) is 2.28. The van der Waals surface area contributed by atoms with Crippen molar-refractivity contribution in [3.8, 4) is 0 Å². The summed E-state index contributed by atoms with van der Waals surface area (Å²) in [6.45, 7) is 5.95. The van der Waals surface area contributed by atoms with E-state index >= 15 is 0 Å². The number of aryl methyl sites for hydroxylation is 1. The Morgan fingerprint density at radius 3 is 2.73 bits per heavy atom. The second-order valence-corrected chi connectivity index (χ2v) is 3.99. The van der Waals surface area contributed by atoms with Crippen molar-refractivity contribution >= 4 is 5.97 Å². The van der Waals surface area contributed by atoms with Crippen LogP contribution >= 0.6 is 0 Å². The zero-order valence-electron chi connectivity index (χ0n) is 9.34. The third kappa shape index (κ3) is 2.78. The summed E-state index contributed by atoms with van der Waals surface area (Å²) < 4.78 is 1.66. The number of carboxylic acids is 1. The van der Waals surface area contributed by atoms with Crippen LogP contribution in [-0.2, 0) is 11.2 Å². The molecule has 1 N–H and O–H groups in total. The highest BCUT2D eigenvalue weighted by Gasteiger charge is 2.22. The van der Waals surface area contributed by atoms with Crippen LogP contribution in [0.15, 0.2) is 6.33 Å². The molecule has 5 heteroatoms. The van der Waals surface area contributed by atoms with E-state index in [-0.39, 0.29) is 0 Å². The van der Waals surface area contributed by atoms with E-state index in [1.165, 1.54) is 6.33 Å². The van der Waals surface area contributed by atoms with Crippen LogP contribution in [0.3, 0.4) is 0 Å². The first-order chi connectivity index (χ1) is 7.06. The summed E-state index contributed by atoms with van der Waals surface area (Å²) in [7, 11) is 0. The van der Waals surface area contributed by atoms with Crippen molar-refractivity contribution in [2.24, 2.45) is 5.92 Å². The van der Waals surface area contributed by atoms with E-state index in [1.807, 2.05) is 20.8 Å². The first kappa shape index (κ1) is 11.7. The maximum atomic E-state index is 11.1. The van der Waals surface area contributed by atoms with Gasteiger partial charge in [0, 0.05) is 6.42 Å². The lowest BCUT2D eigenvalue weighted by Crippen LogP contribution is -2.22. The number of aromatic nitrogens is 3. The number of carboxylic acid groups (broad SMARTS) is 1. The van der Waals surface area contributed by atoms with Crippen LogP contribution in [-0.4, -0.2) is 25.8 Å². The Kier molecular flexibility index (Phi) is 3.82. The average Bonchev–Trinajstić information content (AvgIpc) is 2.60. The molecule has 84 valence electrons. The summed E-state index contributed by atoms with van der Waals surface area (Å²) in [5, 5.41) is 16.8. The lowest BCUT2D eigenvalue weighted by Gasteiger charge is -2.17. The topological polar surface area (TPSA) is 68.0 Å². The largest absolute Gasteiger partial charge is 0.480 e. The summed E-state index contributed by atoms with van der Waals surface area (Å²) in [6.07, 6.45) is 2.79. The molecular weight excluding hydrogens is 194 g/mol. The molecule has 0 saturated heterocycles. The smallest absolute Gasteiger partial charge is 0.326 e. The molecule has 15 heavy (non-hydrogen) atoms. The number of nitrogens with zero attached hydrogens (tertiary/aromatic N) is 3. The molecule has 1 unspecified atom stereocenters. The number of rotatable bonds is 5.